The van der Waals surface area contributed by atoms with Crippen molar-refractivity contribution >= 4 is 11.6 Å². The fourth-order valence-corrected chi connectivity index (χ4v) is 1.80. The van der Waals surface area contributed by atoms with Crippen LogP contribution in [0.1, 0.15) is 5.56 Å². The third-order valence-corrected chi connectivity index (χ3v) is 2.82. The third-order valence-electron chi connectivity index (χ3n) is 2.82. The first-order valence-corrected chi connectivity index (χ1v) is 5.42. The Morgan fingerprint density at radius 1 is 1.44 bits per heavy atom. The molecule has 1 aliphatic rings. The molecule has 0 spiro atoms. The van der Waals surface area contributed by atoms with E-state index >= 15 is 0 Å². The number of carbonyl (C=O) groups excluding carboxylic acids is 1. The van der Waals surface area contributed by atoms with Gasteiger partial charge in [-0.05, 0) is 24.3 Å². The summed E-state index contributed by atoms with van der Waals surface area (Å²) in [4.78, 5) is 11.7. The molecule has 0 saturated carbocycles. The number of nitrogens with zero attached hydrogens (tertiary/aromatic N) is 1. The molecule has 4 nitrogen and oxygen atoms in total. The van der Waals surface area contributed by atoms with Gasteiger partial charge in [0.2, 0.25) is 5.91 Å². The van der Waals surface area contributed by atoms with Gasteiger partial charge in [-0.2, -0.15) is 5.26 Å². The molecule has 6 heteroatoms. The predicted molar refractivity (Wildman–Crippen MR) is 61.1 cm³/mol. The van der Waals surface area contributed by atoms with E-state index in [-0.39, 0.29) is 6.54 Å². The fraction of sp³-hybridized carbons (Fsp3) is 0.333. The van der Waals surface area contributed by atoms with E-state index in [9.17, 15) is 13.6 Å². The summed E-state index contributed by atoms with van der Waals surface area (Å²) in [6.07, 6.45) is 0. The van der Waals surface area contributed by atoms with E-state index in [1.807, 2.05) is 6.07 Å². The van der Waals surface area contributed by atoms with Crippen LogP contribution in [0.2, 0.25) is 0 Å². The van der Waals surface area contributed by atoms with Crippen LogP contribution in [0.25, 0.3) is 0 Å². The Kier molecular flexibility index (Phi) is 3.26. The van der Waals surface area contributed by atoms with E-state index in [1.165, 1.54) is 24.3 Å². The Labute approximate surface area is 103 Å². The molecule has 1 heterocycles. The van der Waals surface area contributed by atoms with Crippen LogP contribution in [0.5, 0.6) is 0 Å². The molecule has 1 aromatic carbocycles. The van der Waals surface area contributed by atoms with Crippen LogP contribution in [-0.2, 0) is 4.79 Å². The number of halogens is 2. The molecule has 1 fully saturated rings. The predicted octanol–water partition coefficient (Wildman–Crippen LogP) is 1.35. The molecule has 0 aromatic heterocycles. The minimum Gasteiger partial charge on any atom is -0.326 e. The summed E-state index contributed by atoms with van der Waals surface area (Å²) in [5.74, 6) is -5.08. The maximum atomic E-state index is 13.3. The number of nitriles is 1. The van der Waals surface area contributed by atoms with Crippen molar-refractivity contribution in [1.29, 1.82) is 5.26 Å². The van der Waals surface area contributed by atoms with Crippen molar-refractivity contribution in [3.05, 3.63) is 29.8 Å². The zero-order valence-electron chi connectivity index (χ0n) is 9.41. The van der Waals surface area contributed by atoms with E-state index in [1.54, 1.807) is 0 Å². The zero-order chi connectivity index (χ0) is 13.2. The molecular formula is C12H11F2N3O. The lowest BCUT2D eigenvalue weighted by Crippen LogP contribution is -2.36. The van der Waals surface area contributed by atoms with Gasteiger partial charge in [-0.15, -0.1) is 0 Å². The second kappa shape index (κ2) is 4.70. The lowest BCUT2D eigenvalue weighted by molar-refractivity contribution is -0.128. The molecule has 94 valence electrons. The van der Waals surface area contributed by atoms with Gasteiger partial charge in [0.05, 0.1) is 18.2 Å². The number of benzene rings is 1. The molecule has 0 bridgehead atoms. The van der Waals surface area contributed by atoms with Crippen LogP contribution < -0.4 is 10.6 Å². The van der Waals surface area contributed by atoms with Crippen molar-refractivity contribution in [3.8, 4) is 6.07 Å². The molecule has 2 rings (SSSR count). The Morgan fingerprint density at radius 3 is 2.61 bits per heavy atom. The Balaban J connectivity index is 2.05. The van der Waals surface area contributed by atoms with E-state index < -0.39 is 24.3 Å². The second-order valence-electron chi connectivity index (χ2n) is 4.12. The first-order valence-electron chi connectivity index (χ1n) is 5.42. The number of hydrogen-bond donors (Lipinski definition) is 2. The number of carbonyl (C=O) groups is 1. The van der Waals surface area contributed by atoms with Crippen LogP contribution >= 0.6 is 0 Å². The molecule has 18 heavy (non-hydrogen) atoms. The molecular weight excluding hydrogens is 240 g/mol. The lowest BCUT2D eigenvalue weighted by atomic mass is 10.0. The summed E-state index contributed by atoms with van der Waals surface area (Å²) in [5, 5.41) is 13.5. The lowest BCUT2D eigenvalue weighted by Gasteiger charge is -2.17. The highest BCUT2D eigenvalue weighted by atomic mass is 19.3. The SMILES string of the molecule is N#Cc1ccc(NC(=O)[C@H]2CNCC2(F)F)cc1. The van der Waals surface area contributed by atoms with Gasteiger partial charge in [0.1, 0.15) is 5.92 Å². The molecule has 1 aliphatic heterocycles. The van der Waals surface area contributed by atoms with Gasteiger partial charge in [-0.25, -0.2) is 8.78 Å². The maximum absolute atomic E-state index is 13.3. The first kappa shape index (κ1) is 12.5. The molecule has 0 unspecified atom stereocenters. The van der Waals surface area contributed by atoms with Crippen molar-refractivity contribution in [2.45, 2.75) is 5.92 Å². The van der Waals surface area contributed by atoms with Crippen molar-refractivity contribution < 1.29 is 13.6 Å². The van der Waals surface area contributed by atoms with Gasteiger partial charge in [-0.3, -0.25) is 4.79 Å². The normalized spacial score (nSPS) is 21.3. The van der Waals surface area contributed by atoms with Gasteiger partial charge in [0.15, 0.2) is 0 Å². The Morgan fingerprint density at radius 2 is 2.11 bits per heavy atom. The number of alkyl halides is 2. The minimum atomic E-state index is -3.02. The topological polar surface area (TPSA) is 64.9 Å². The number of amides is 1. The van der Waals surface area contributed by atoms with Gasteiger partial charge < -0.3 is 10.6 Å². The molecule has 1 atom stereocenters. The number of nitrogens with one attached hydrogen (secondary N) is 2. The molecule has 0 aliphatic carbocycles. The molecule has 2 N–H and O–H groups in total. The first-order chi connectivity index (χ1) is 8.53. The van der Waals surface area contributed by atoms with Crippen molar-refractivity contribution in [2.24, 2.45) is 5.92 Å². The number of hydrogen-bond acceptors (Lipinski definition) is 3. The minimum absolute atomic E-state index is 0.0326. The third kappa shape index (κ3) is 2.46. The average molecular weight is 251 g/mol. The summed E-state index contributed by atoms with van der Waals surface area (Å²) in [7, 11) is 0. The largest absolute Gasteiger partial charge is 0.326 e. The summed E-state index contributed by atoms with van der Waals surface area (Å²) in [6.45, 7) is -0.506. The van der Waals surface area contributed by atoms with E-state index in [0.29, 0.717) is 11.3 Å². The highest BCUT2D eigenvalue weighted by Crippen LogP contribution is 2.29. The van der Waals surface area contributed by atoms with Crippen molar-refractivity contribution in [2.75, 3.05) is 18.4 Å². The van der Waals surface area contributed by atoms with Crippen molar-refractivity contribution in [3.63, 3.8) is 0 Å². The maximum Gasteiger partial charge on any atom is 0.273 e. The summed E-state index contributed by atoms with van der Waals surface area (Å²) < 4.78 is 26.6. The zero-order valence-corrected chi connectivity index (χ0v) is 9.41. The summed E-state index contributed by atoms with van der Waals surface area (Å²) >= 11 is 0. The smallest absolute Gasteiger partial charge is 0.273 e. The highest BCUT2D eigenvalue weighted by molar-refractivity contribution is 5.93. The van der Waals surface area contributed by atoms with Gasteiger partial charge in [0.25, 0.3) is 5.92 Å². The van der Waals surface area contributed by atoms with Crippen LogP contribution in [0.15, 0.2) is 24.3 Å². The Bertz CT molecular complexity index is 493. The van der Waals surface area contributed by atoms with Crippen molar-refractivity contribution in [1.82, 2.24) is 5.32 Å². The Hall–Kier alpha value is -2.00. The second-order valence-corrected chi connectivity index (χ2v) is 4.12. The number of rotatable bonds is 2. The number of anilines is 1. The summed E-state index contributed by atoms with van der Waals surface area (Å²) in [5.41, 5.74) is 0.850. The quantitative estimate of drug-likeness (QED) is 0.834. The molecule has 0 radical (unpaired) electrons. The molecule has 1 aromatic rings. The van der Waals surface area contributed by atoms with E-state index in [2.05, 4.69) is 10.6 Å². The molecule has 1 saturated heterocycles. The standard InChI is InChI=1S/C12H11F2N3O/c13-12(14)7-16-6-10(12)11(18)17-9-3-1-8(5-15)2-4-9/h1-4,10,16H,6-7H2,(H,17,18)/t10-/m1/s1. The highest BCUT2D eigenvalue weighted by Gasteiger charge is 2.48. The summed E-state index contributed by atoms with van der Waals surface area (Å²) in [6, 6.07) is 7.98. The molecule has 1 amide bonds. The van der Waals surface area contributed by atoms with Crippen LogP contribution in [-0.4, -0.2) is 24.9 Å². The van der Waals surface area contributed by atoms with E-state index in [0.717, 1.165) is 0 Å². The average Bonchev–Trinajstić information content (AvgIpc) is 2.70. The van der Waals surface area contributed by atoms with Crippen LogP contribution in [0.4, 0.5) is 14.5 Å². The van der Waals surface area contributed by atoms with Gasteiger partial charge >= 0.3 is 0 Å². The van der Waals surface area contributed by atoms with E-state index in [4.69, 9.17) is 5.26 Å². The van der Waals surface area contributed by atoms with Gasteiger partial charge in [0, 0.05) is 12.2 Å². The monoisotopic (exact) mass is 251 g/mol. The fourth-order valence-electron chi connectivity index (χ4n) is 1.80. The van der Waals surface area contributed by atoms with Gasteiger partial charge in [-0.1, -0.05) is 0 Å². The van der Waals surface area contributed by atoms with Crippen LogP contribution in [0, 0.1) is 17.2 Å². The van der Waals surface area contributed by atoms with Crippen LogP contribution in [0.3, 0.4) is 0 Å².